The number of amides is 1. The second-order valence-electron chi connectivity index (χ2n) is 8.04. The van der Waals surface area contributed by atoms with Gasteiger partial charge in [-0.15, -0.1) is 0 Å². The van der Waals surface area contributed by atoms with E-state index < -0.39 is 11.8 Å². The summed E-state index contributed by atoms with van der Waals surface area (Å²) < 4.78 is 5.05. The van der Waals surface area contributed by atoms with Crippen LogP contribution < -0.4 is 21.4 Å². The molecule has 1 atom stereocenters. The van der Waals surface area contributed by atoms with E-state index in [0.717, 1.165) is 57.9 Å². The molecule has 0 aliphatic heterocycles. The molecule has 1 unspecified atom stereocenters. The first kappa shape index (κ1) is 26.8. The fourth-order valence-corrected chi connectivity index (χ4v) is 3.82. The Morgan fingerprint density at radius 3 is 2.43 bits per heavy atom. The van der Waals surface area contributed by atoms with Crippen LogP contribution in [0.3, 0.4) is 0 Å². The monoisotopic (exact) mass is 429 g/mol. The van der Waals surface area contributed by atoms with Gasteiger partial charge in [0, 0.05) is 39.8 Å². The fourth-order valence-electron chi connectivity index (χ4n) is 3.82. The molecule has 0 aromatic carbocycles. The Bertz CT molecular complexity index is 488. The van der Waals surface area contributed by atoms with Crippen LogP contribution in [0.2, 0.25) is 0 Å². The summed E-state index contributed by atoms with van der Waals surface area (Å²) in [6, 6.07) is 0.0967. The van der Waals surface area contributed by atoms with Crippen LogP contribution in [0.15, 0.2) is 0 Å². The van der Waals surface area contributed by atoms with Crippen molar-refractivity contribution in [2.45, 2.75) is 83.5 Å². The summed E-state index contributed by atoms with van der Waals surface area (Å²) in [5, 5.41) is 21.7. The number of aliphatic carboxylic acids is 1. The number of carbonyl (C=O) groups excluding carboxylic acids is 1. The highest BCUT2D eigenvalue weighted by atomic mass is 16.5. The van der Waals surface area contributed by atoms with E-state index in [1.54, 1.807) is 7.11 Å². The Morgan fingerprint density at radius 1 is 1.10 bits per heavy atom. The molecule has 1 rings (SSSR count). The minimum Gasteiger partial charge on any atom is -0.478 e. The van der Waals surface area contributed by atoms with E-state index in [0.29, 0.717) is 26.2 Å². The first-order chi connectivity index (χ1) is 14.5. The number of carboxylic acid groups (broad SMARTS) is 1. The number of unbranched alkanes of at least 4 members (excludes halogenated alkanes) is 2. The van der Waals surface area contributed by atoms with Gasteiger partial charge in [-0.25, -0.2) is 4.79 Å². The lowest BCUT2D eigenvalue weighted by Crippen LogP contribution is -2.77. The fraction of sp³-hybridized carbons (Fsp3) is 0.905. The van der Waals surface area contributed by atoms with Crippen LogP contribution in [-0.2, 0) is 14.3 Å². The predicted octanol–water partition coefficient (Wildman–Crippen LogP) is 1.41. The molecule has 1 aliphatic rings. The third-order valence-corrected chi connectivity index (χ3v) is 5.40. The number of carboxylic acids is 1. The Kier molecular flexibility index (Phi) is 13.9. The minimum absolute atomic E-state index is 0.0967. The topological polar surface area (TPSA) is 115 Å². The van der Waals surface area contributed by atoms with Crippen molar-refractivity contribution in [2.24, 2.45) is 0 Å². The lowest BCUT2D eigenvalue weighted by Gasteiger charge is -2.44. The summed E-state index contributed by atoms with van der Waals surface area (Å²) in [5.41, 5.74) is 2.76. The molecule has 0 aromatic rings. The number of methoxy groups -OCH3 is 1. The Labute approximate surface area is 181 Å². The molecule has 9 nitrogen and oxygen atoms in total. The standard InChI is InChI=1S/C21H43N5O4/c1-4-5-9-14-23-21(20(28)29,24-19-11-7-6-8-12-19)26(25-18(2)27)16-15-22-13-10-17-30-3/h19,22-24H,4-17H2,1-3H3,(H,25,27)(H,28,29). The summed E-state index contributed by atoms with van der Waals surface area (Å²) in [5.74, 6) is -2.87. The van der Waals surface area contributed by atoms with E-state index >= 15 is 0 Å². The highest BCUT2D eigenvalue weighted by Crippen LogP contribution is 2.21. The van der Waals surface area contributed by atoms with Crippen LogP contribution in [0.25, 0.3) is 0 Å². The van der Waals surface area contributed by atoms with Crippen LogP contribution in [0, 0.1) is 0 Å². The van der Waals surface area contributed by atoms with Gasteiger partial charge in [0.05, 0.1) is 0 Å². The van der Waals surface area contributed by atoms with Crippen molar-refractivity contribution in [1.29, 1.82) is 0 Å². The Balaban J connectivity index is 2.94. The van der Waals surface area contributed by atoms with Crippen LogP contribution in [0.1, 0.15) is 71.6 Å². The molecular weight excluding hydrogens is 386 g/mol. The molecule has 9 heteroatoms. The predicted molar refractivity (Wildman–Crippen MR) is 118 cm³/mol. The van der Waals surface area contributed by atoms with E-state index in [1.165, 1.54) is 18.4 Å². The number of hydrogen-bond acceptors (Lipinski definition) is 7. The van der Waals surface area contributed by atoms with E-state index in [4.69, 9.17) is 4.74 Å². The van der Waals surface area contributed by atoms with Crippen LogP contribution in [0.5, 0.6) is 0 Å². The molecule has 30 heavy (non-hydrogen) atoms. The highest BCUT2D eigenvalue weighted by Gasteiger charge is 2.46. The van der Waals surface area contributed by atoms with Crippen molar-refractivity contribution in [2.75, 3.05) is 39.9 Å². The number of nitrogens with one attached hydrogen (secondary N) is 4. The number of carbonyl (C=O) groups is 2. The first-order valence-electron chi connectivity index (χ1n) is 11.5. The minimum atomic E-state index is -1.55. The van der Waals surface area contributed by atoms with E-state index in [9.17, 15) is 14.7 Å². The van der Waals surface area contributed by atoms with Crippen LogP contribution in [-0.4, -0.2) is 73.7 Å². The number of hydrazine groups is 1. The molecule has 1 saturated carbocycles. The van der Waals surface area contributed by atoms with Crippen LogP contribution >= 0.6 is 0 Å². The van der Waals surface area contributed by atoms with E-state index in [1.807, 2.05) is 0 Å². The molecule has 1 aliphatic carbocycles. The second-order valence-corrected chi connectivity index (χ2v) is 8.04. The maximum Gasteiger partial charge on any atom is 0.356 e. The van der Waals surface area contributed by atoms with Gasteiger partial charge in [-0.3, -0.25) is 20.9 Å². The largest absolute Gasteiger partial charge is 0.478 e. The number of ether oxygens (including phenoxy) is 1. The molecule has 0 radical (unpaired) electrons. The van der Waals surface area contributed by atoms with Gasteiger partial charge in [0.25, 0.3) is 0 Å². The molecule has 5 N–H and O–H groups in total. The maximum absolute atomic E-state index is 12.6. The third-order valence-electron chi connectivity index (χ3n) is 5.40. The van der Waals surface area contributed by atoms with Gasteiger partial charge >= 0.3 is 5.97 Å². The van der Waals surface area contributed by atoms with Crippen molar-refractivity contribution in [3.8, 4) is 0 Å². The Morgan fingerprint density at radius 2 is 1.83 bits per heavy atom. The maximum atomic E-state index is 12.6. The SMILES string of the molecule is CCCCCNC(NC1CCCCC1)(C(=O)O)N(CCNCCCOC)NC(C)=O. The lowest BCUT2D eigenvalue weighted by molar-refractivity contribution is -0.165. The summed E-state index contributed by atoms with van der Waals surface area (Å²) in [6.07, 6.45) is 9.06. The number of rotatable bonds is 17. The van der Waals surface area contributed by atoms with Crippen molar-refractivity contribution >= 4 is 11.9 Å². The van der Waals surface area contributed by atoms with Gasteiger partial charge in [0.15, 0.2) is 0 Å². The molecule has 0 aromatic heterocycles. The van der Waals surface area contributed by atoms with E-state index in [2.05, 4.69) is 28.3 Å². The average molecular weight is 430 g/mol. The zero-order valence-electron chi connectivity index (χ0n) is 19.1. The summed E-state index contributed by atoms with van der Waals surface area (Å²) in [7, 11) is 1.67. The van der Waals surface area contributed by atoms with Gasteiger partial charge in [-0.2, -0.15) is 5.01 Å². The molecular formula is C21H43N5O4. The van der Waals surface area contributed by atoms with Crippen molar-refractivity contribution < 1.29 is 19.4 Å². The molecule has 1 fully saturated rings. The van der Waals surface area contributed by atoms with Gasteiger partial charge < -0.3 is 15.2 Å². The van der Waals surface area contributed by atoms with Gasteiger partial charge in [0.1, 0.15) is 0 Å². The van der Waals surface area contributed by atoms with E-state index in [-0.39, 0.29) is 11.9 Å². The Hall–Kier alpha value is -1.26. The smallest absolute Gasteiger partial charge is 0.356 e. The molecule has 0 saturated heterocycles. The molecule has 0 bridgehead atoms. The van der Waals surface area contributed by atoms with Gasteiger partial charge in [0.2, 0.25) is 11.7 Å². The van der Waals surface area contributed by atoms with Gasteiger partial charge in [-0.1, -0.05) is 39.0 Å². The van der Waals surface area contributed by atoms with Crippen molar-refractivity contribution in [1.82, 2.24) is 26.4 Å². The molecule has 0 spiro atoms. The molecule has 0 heterocycles. The van der Waals surface area contributed by atoms with Gasteiger partial charge in [-0.05, 0) is 38.8 Å². The van der Waals surface area contributed by atoms with Crippen molar-refractivity contribution in [3.63, 3.8) is 0 Å². The summed E-state index contributed by atoms with van der Waals surface area (Å²) >= 11 is 0. The van der Waals surface area contributed by atoms with Crippen LogP contribution in [0.4, 0.5) is 0 Å². The normalized spacial score (nSPS) is 17.1. The second kappa shape index (κ2) is 15.5. The zero-order chi connectivity index (χ0) is 22.2. The third kappa shape index (κ3) is 9.70. The number of nitrogens with zero attached hydrogens (tertiary/aromatic N) is 1. The summed E-state index contributed by atoms with van der Waals surface area (Å²) in [6.45, 7) is 6.40. The molecule has 1 amide bonds. The first-order valence-corrected chi connectivity index (χ1v) is 11.5. The highest BCUT2D eigenvalue weighted by molar-refractivity contribution is 5.79. The molecule has 176 valence electrons. The zero-order valence-corrected chi connectivity index (χ0v) is 19.1. The average Bonchev–Trinajstić information content (AvgIpc) is 2.72. The number of hydrogen-bond donors (Lipinski definition) is 5. The lowest BCUT2D eigenvalue weighted by atomic mass is 9.94. The van der Waals surface area contributed by atoms with Crippen molar-refractivity contribution in [3.05, 3.63) is 0 Å². The summed E-state index contributed by atoms with van der Waals surface area (Å²) in [4.78, 5) is 24.5. The quantitative estimate of drug-likeness (QED) is 0.134.